The molecule has 5 nitrogen and oxygen atoms in total. The van der Waals surface area contributed by atoms with Gasteiger partial charge in [-0.2, -0.15) is 0 Å². The third-order valence-electron chi connectivity index (χ3n) is 5.82. The van der Waals surface area contributed by atoms with E-state index >= 15 is 0 Å². The molecule has 1 aliphatic rings. The number of imidazole rings is 1. The number of thioether (sulfide) groups is 1. The molecule has 0 aliphatic carbocycles. The van der Waals surface area contributed by atoms with Gasteiger partial charge in [-0.05, 0) is 56.0 Å². The molecule has 2 heterocycles. The third kappa shape index (κ3) is 4.71. The molecule has 0 radical (unpaired) electrons. The second-order valence-corrected chi connectivity index (χ2v) is 8.94. The topological polar surface area (TPSA) is 56.2 Å². The molecule has 2 aromatic carbocycles. The van der Waals surface area contributed by atoms with Crippen LogP contribution in [-0.4, -0.2) is 33.9 Å². The fourth-order valence-electron chi connectivity index (χ4n) is 3.91. The highest BCUT2D eigenvalue weighted by atomic mass is 32.2. The van der Waals surface area contributed by atoms with E-state index in [0.717, 1.165) is 48.1 Å². The summed E-state index contributed by atoms with van der Waals surface area (Å²) in [5.41, 5.74) is 3.27. The van der Waals surface area contributed by atoms with E-state index < -0.39 is 0 Å². The summed E-state index contributed by atoms with van der Waals surface area (Å²) >= 11 is 1.50. The number of nitrogens with zero attached hydrogens (tertiary/aromatic N) is 2. The lowest BCUT2D eigenvalue weighted by molar-refractivity contribution is -0.119. The second-order valence-electron chi connectivity index (χ2n) is 8.00. The van der Waals surface area contributed by atoms with Gasteiger partial charge in [0.05, 0.1) is 30.1 Å². The first-order valence-corrected chi connectivity index (χ1v) is 11.6. The first-order valence-electron chi connectivity index (χ1n) is 10.6. The minimum absolute atomic E-state index is 0.0163. The predicted octanol–water partition coefficient (Wildman–Crippen LogP) is 4.80. The summed E-state index contributed by atoms with van der Waals surface area (Å²) in [6.45, 7) is 7.79. The van der Waals surface area contributed by atoms with Gasteiger partial charge in [-0.1, -0.05) is 48.2 Å². The van der Waals surface area contributed by atoms with Crippen LogP contribution in [0.5, 0.6) is 0 Å². The van der Waals surface area contributed by atoms with Crippen molar-refractivity contribution >= 4 is 28.4 Å². The number of hydrogen-bond donors (Lipinski definition) is 1. The van der Waals surface area contributed by atoms with Crippen molar-refractivity contribution in [2.45, 2.75) is 57.5 Å². The molecule has 0 bridgehead atoms. The van der Waals surface area contributed by atoms with Crippen LogP contribution in [0, 0.1) is 13.8 Å². The Morgan fingerprint density at radius 2 is 2.07 bits per heavy atom. The van der Waals surface area contributed by atoms with Gasteiger partial charge in [-0.25, -0.2) is 4.98 Å². The Morgan fingerprint density at radius 1 is 1.27 bits per heavy atom. The van der Waals surface area contributed by atoms with Crippen molar-refractivity contribution in [2.24, 2.45) is 0 Å². The van der Waals surface area contributed by atoms with Crippen LogP contribution in [0.15, 0.2) is 47.6 Å². The quantitative estimate of drug-likeness (QED) is 0.555. The van der Waals surface area contributed by atoms with E-state index in [4.69, 9.17) is 4.74 Å². The Hall–Kier alpha value is -2.31. The monoisotopic (exact) mass is 423 g/mol. The van der Waals surface area contributed by atoms with Crippen molar-refractivity contribution in [3.63, 3.8) is 0 Å². The molecule has 1 amide bonds. The summed E-state index contributed by atoms with van der Waals surface area (Å²) in [6, 6.07) is 14.6. The van der Waals surface area contributed by atoms with Crippen LogP contribution in [0.25, 0.3) is 10.8 Å². The molecule has 30 heavy (non-hydrogen) atoms. The number of rotatable bonds is 7. The van der Waals surface area contributed by atoms with Crippen molar-refractivity contribution < 1.29 is 9.53 Å². The number of amides is 1. The van der Waals surface area contributed by atoms with Crippen LogP contribution in [0.1, 0.15) is 42.8 Å². The molecule has 1 N–H and O–H groups in total. The van der Waals surface area contributed by atoms with E-state index in [2.05, 4.69) is 52.1 Å². The molecule has 3 aromatic rings. The summed E-state index contributed by atoms with van der Waals surface area (Å²) in [5.74, 6) is 0.363. The van der Waals surface area contributed by atoms with Crippen LogP contribution in [0.2, 0.25) is 0 Å². The summed E-state index contributed by atoms with van der Waals surface area (Å²) in [7, 11) is 0. The minimum Gasteiger partial charge on any atom is -0.376 e. The molecule has 1 fully saturated rings. The average Bonchev–Trinajstić information content (AvgIpc) is 3.36. The van der Waals surface area contributed by atoms with Crippen molar-refractivity contribution in [1.29, 1.82) is 0 Å². The molecule has 1 aromatic heterocycles. The molecule has 6 heteroatoms. The van der Waals surface area contributed by atoms with E-state index in [1.165, 1.54) is 22.5 Å². The van der Waals surface area contributed by atoms with E-state index in [9.17, 15) is 4.79 Å². The van der Waals surface area contributed by atoms with Crippen LogP contribution < -0.4 is 5.32 Å². The Labute approximate surface area is 182 Å². The largest absolute Gasteiger partial charge is 0.376 e. The van der Waals surface area contributed by atoms with Crippen molar-refractivity contribution in [3.8, 4) is 0 Å². The van der Waals surface area contributed by atoms with E-state index in [1.807, 2.05) is 26.0 Å². The fourth-order valence-corrected chi connectivity index (χ4v) is 4.83. The first-order chi connectivity index (χ1) is 14.5. The van der Waals surface area contributed by atoms with Gasteiger partial charge in [0.1, 0.15) is 0 Å². The van der Waals surface area contributed by atoms with Gasteiger partial charge in [0.25, 0.3) is 0 Å². The number of hydrogen-bond acceptors (Lipinski definition) is 4. The SMILES string of the molecule is Cc1nc(SCC(=O)NC(C)c2ccc3ccccc3c2)n(CC2CCCO2)c1C. The molecule has 4 rings (SSSR count). The maximum Gasteiger partial charge on any atom is 0.230 e. The summed E-state index contributed by atoms with van der Waals surface area (Å²) < 4.78 is 8.00. The van der Waals surface area contributed by atoms with Crippen molar-refractivity contribution in [2.75, 3.05) is 12.4 Å². The molecule has 158 valence electrons. The van der Waals surface area contributed by atoms with Crippen molar-refractivity contribution in [3.05, 3.63) is 59.4 Å². The average molecular weight is 424 g/mol. The number of aryl methyl sites for hydroxylation is 1. The van der Waals surface area contributed by atoms with Gasteiger partial charge in [-0.3, -0.25) is 4.79 Å². The number of benzene rings is 2. The van der Waals surface area contributed by atoms with Crippen LogP contribution in [0.4, 0.5) is 0 Å². The zero-order valence-electron chi connectivity index (χ0n) is 17.9. The lowest BCUT2D eigenvalue weighted by atomic mass is 10.0. The van der Waals surface area contributed by atoms with Gasteiger partial charge < -0.3 is 14.6 Å². The summed E-state index contributed by atoms with van der Waals surface area (Å²) in [4.78, 5) is 17.3. The Kier molecular flexibility index (Phi) is 6.44. The number of carbonyl (C=O) groups excluding carboxylic acids is 1. The molecule has 1 saturated heterocycles. The maximum atomic E-state index is 12.6. The summed E-state index contributed by atoms with van der Waals surface area (Å²) in [6.07, 6.45) is 2.46. The van der Waals surface area contributed by atoms with Crippen LogP contribution in [-0.2, 0) is 16.1 Å². The van der Waals surface area contributed by atoms with Crippen molar-refractivity contribution in [1.82, 2.24) is 14.9 Å². The Balaban J connectivity index is 1.37. The number of fused-ring (bicyclic) bond motifs is 1. The number of nitrogens with one attached hydrogen (secondary N) is 1. The van der Waals surface area contributed by atoms with E-state index in [-0.39, 0.29) is 18.1 Å². The van der Waals surface area contributed by atoms with Gasteiger partial charge in [0.2, 0.25) is 5.91 Å². The maximum absolute atomic E-state index is 12.6. The molecule has 2 atom stereocenters. The Bertz CT molecular complexity index is 1040. The lowest BCUT2D eigenvalue weighted by Crippen LogP contribution is -2.28. The van der Waals surface area contributed by atoms with Gasteiger partial charge in [-0.15, -0.1) is 0 Å². The number of aromatic nitrogens is 2. The lowest BCUT2D eigenvalue weighted by Gasteiger charge is -2.16. The van der Waals surface area contributed by atoms with E-state index in [0.29, 0.717) is 5.75 Å². The highest BCUT2D eigenvalue weighted by molar-refractivity contribution is 7.99. The Morgan fingerprint density at radius 3 is 2.83 bits per heavy atom. The molecular weight excluding hydrogens is 394 g/mol. The second kappa shape index (κ2) is 9.23. The van der Waals surface area contributed by atoms with E-state index in [1.54, 1.807) is 0 Å². The third-order valence-corrected chi connectivity index (χ3v) is 6.79. The molecular formula is C24H29N3O2S. The van der Waals surface area contributed by atoms with Crippen LogP contribution in [0.3, 0.4) is 0 Å². The number of ether oxygens (including phenoxy) is 1. The predicted molar refractivity (Wildman–Crippen MR) is 122 cm³/mol. The van der Waals surface area contributed by atoms with Gasteiger partial charge in [0, 0.05) is 12.3 Å². The standard InChI is InChI=1S/C24H29N3O2S/c1-16-18(3)27(14-22-9-6-12-29-22)24(26-16)30-15-23(28)25-17(2)20-11-10-19-7-4-5-8-21(19)13-20/h4-5,7-8,10-11,13,17,22H,6,9,12,14-15H2,1-3H3,(H,25,28). The minimum atomic E-state index is -0.0437. The summed E-state index contributed by atoms with van der Waals surface area (Å²) in [5, 5.41) is 6.42. The molecule has 0 saturated carbocycles. The molecule has 2 unspecified atom stereocenters. The van der Waals surface area contributed by atoms with Crippen LogP contribution >= 0.6 is 11.8 Å². The smallest absolute Gasteiger partial charge is 0.230 e. The normalized spacial score (nSPS) is 17.4. The highest BCUT2D eigenvalue weighted by Gasteiger charge is 2.21. The van der Waals surface area contributed by atoms with Gasteiger partial charge in [0.15, 0.2) is 5.16 Å². The zero-order valence-corrected chi connectivity index (χ0v) is 18.7. The molecule has 0 spiro atoms. The zero-order chi connectivity index (χ0) is 21.1. The fraction of sp³-hybridized carbons (Fsp3) is 0.417. The first kappa shape index (κ1) is 20.9. The van der Waals surface area contributed by atoms with Gasteiger partial charge >= 0.3 is 0 Å². The number of carbonyl (C=O) groups is 1. The highest BCUT2D eigenvalue weighted by Crippen LogP contribution is 2.25. The molecule has 1 aliphatic heterocycles.